The van der Waals surface area contributed by atoms with Crippen molar-refractivity contribution in [2.75, 3.05) is 11.5 Å². The van der Waals surface area contributed by atoms with Crippen LogP contribution in [0.2, 0.25) is 0 Å². The summed E-state index contributed by atoms with van der Waals surface area (Å²) in [5, 5.41) is 10.4. The van der Waals surface area contributed by atoms with E-state index < -0.39 is 0 Å². The molecule has 7 heteroatoms. The number of benzene rings is 1. The first kappa shape index (κ1) is 11.0. The van der Waals surface area contributed by atoms with Crippen molar-refractivity contribution in [1.29, 1.82) is 0 Å². The van der Waals surface area contributed by atoms with Crippen LogP contribution in [0, 0.1) is 0 Å². The molecule has 0 unspecified atom stereocenters. The van der Waals surface area contributed by atoms with E-state index in [1.807, 2.05) is 5.38 Å². The fraction of sp³-hybridized carbons (Fsp3) is 0. The maximum absolute atomic E-state index is 5.73. The molecule has 16 heavy (non-hydrogen) atoms. The van der Waals surface area contributed by atoms with Gasteiger partial charge in [-0.2, -0.15) is 0 Å². The van der Waals surface area contributed by atoms with Gasteiger partial charge in [-0.15, -0.1) is 21.6 Å². The number of azo groups is 1. The fourth-order valence-electron chi connectivity index (χ4n) is 1.05. The summed E-state index contributed by atoms with van der Waals surface area (Å²) < 4.78 is 0.747. The maximum Gasteiger partial charge on any atom is 0.231 e. The van der Waals surface area contributed by atoms with Crippen LogP contribution < -0.4 is 11.5 Å². The predicted octanol–water partition coefficient (Wildman–Crippen LogP) is 3.49. The lowest BCUT2D eigenvalue weighted by Gasteiger charge is -1.98. The Labute approximate surface area is 104 Å². The Hall–Kier alpha value is -1.47. The van der Waals surface area contributed by atoms with E-state index in [2.05, 4.69) is 31.1 Å². The summed E-state index contributed by atoms with van der Waals surface area (Å²) in [4.78, 5) is 4.08. The summed E-state index contributed by atoms with van der Waals surface area (Å²) in [6.07, 6.45) is 0. The second-order valence-corrected chi connectivity index (χ2v) is 4.62. The smallest absolute Gasteiger partial charge is 0.231 e. The average Bonchev–Trinajstić information content (AvgIpc) is 2.63. The molecular weight excluding hydrogens is 290 g/mol. The number of halogens is 1. The molecule has 1 heterocycles. The van der Waals surface area contributed by atoms with Gasteiger partial charge in [0.2, 0.25) is 5.13 Å². The molecule has 1 aromatic carbocycles. The third kappa shape index (κ3) is 2.56. The van der Waals surface area contributed by atoms with Crippen LogP contribution in [0.15, 0.2) is 38.4 Å². The second kappa shape index (κ2) is 4.58. The SMILES string of the molecule is Nc1ccc(N=Nc2nc(Br)cs2)c(N)c1. The topological polar surface area (TPSA) is 89.6 Å². The molecular formula is C9H8BrN5S. The Balaban J connectivity index is 2.23. The van der Waals surface area contributed by atoms with Crippen LogP contribution in [0.1, 0.15) is 0 Å². The van der Waals surface area contributed by atoms with Crippen molar-refractivity contribution >= 4 is 49.5 Å². The summed E-state index contributed by atoms with van der Waals surface area (Å²) in [6, 6.07) is 5.09. The zero-order valence-corrected chi connectivity index (χ0v) is 10.5. The largest absolute Gasteiger partial charge is 0.399 e. The third-order valence-electron chi connectivity index (χ3n) is 1.76. The highest BCUT2D eigenvalue weighted by Crippen LogP contribution is 2.28. The summed E-state index contributed by atoms with van der Waals surface area (Å²) in [5.41, 5.74) is 13.0. The molecule has 0 spiro atoms. The summed E-state index contributed by atoms with van der Waals surface area (Å²) in [6.45, 7) is 0. The Morgan fingerprint density at radius 1 is 1.25 bits per heavy atom. The molecule has 0 bridgehead atoms. The quantitative estimate of drug-likeness (QED) is 0.657. The Kier molecular flexibility index (Phi) is 3.16. The number of nitrogen functional groups attached to an aromatic ring is 2. The number of thiazole rings is 1. The Morgan fingerprint density at radius 3 is 2.69 bits per heavy atom. The minimum atomic E-state index is 0.499. The summed E-state index contributed by atoms with van der Waals surface area (Å²) in [7, 11) is 0. The normalized spacial score (nSPS) is 11.1. The van der Waals surface area contributed by atoms with Gasteiger partial charge in [0, 0.05) is 11.1 Å². The first-order chi connectivity index (χ1) is 7.65. The van der Waals surface area contributed by atoms with Gasteiger partial charge in [0.15, 0.2) is 0 Å². The number of anilines is 2. The van der Waals surface area contributed by atoms with E-state index in [4.69, 9.17) is 11.5 Å². The molecule has 2 aromatic rings. The van der Waals surface area contributed by atoms with Gasteiger partial charge in [-0.05, 0) is 34.1 Å². The number of rotatable bonds is 2. The van der Waals surface area contributed by atoms with Crippen LogP contribution in [0.4, 0.5) is 22.2 Å². The first-order valence-electron chi connectivity index (χ1n) is 4.33. The zero-order chi connectivity index (χ0) is 11.5. The Bertz CT molecular complexity index is 536. The van der Waals surface area contributed by atoms with Crippen LogP contribution in [0.5, 0.6) is 0 Å². The van der Waals surface area contributed by atoms with E-state index in [1.54, 1.807) is 18.2 Å². The predicted molar refractivity (Wildman–Crippen MR) is 69.3 cm³/mol. The lowest BCUT2D eigenvalue weighted by molar-refractivity contribution is 1.19. The molecule has 5 nitrogen and oxygen atoms in total. The van der Waals surface area contributed by atoms with Gasteiger partial charge in [0.1, 0.15) is 10.3 Å². The monoisotopic (exact) mass is 297 g/mol. The van der Waals surface area contributed by atoms with E-state index in [0.29, 0.717) is 22.2 Å². The van der Waals surface area contributed by atoms with Gasteiger partial charge in [-0.3, -0.25) is 0 Å². The van der Waals surface area contributed by atoms with Crippen molar-refractivity contribution < 1.29 is 0 Å². The highest BCUT2D eigenvalue weighted by Gasteiger charge is 1.99. The molecule has 0 saturated carbocycles. The van der Waals surface area contributed by atoms with Gasteiger partial charge in [0.25, 0.3) is 0 Å². The highest BCUT2D eigenvalue weighted by atomic mass is 79.9. The molecule has 0 saturated heterocycles. The number of nitrogens with zero attached hydrogens (tertiary/aromatic N) is 3. The van der Waals surface area contributed by atoms with Crippen molar-refractivity contribution in [2.24, 2.45) is 10.2 Å². The molecule has 1 aromatic heterocycles. The molecule has 0 aliphatic carbocycles. The van der Waals surface area contributed by atoms with Crippen LogP contribution >= 0.6 is 27.3 Å². The van der Waals surface area contributed by atoms with Crippen molar-refractivity contribution in [3.8, 4) is 0 Å². The average molecular weight is 298 g/mol. The van der Waals surface area contributed by atoms with E-state index in [-0.39, 0.29) is 0 Å². The minimum Gasteiger partial charge on any atom is -0.399 e. The van der Waals surface area contributed by atoms with E-state index >= 15 is 0 Å². The number of aromatic nitrogens is 1. The van der Waals surface area contributed by atoms with Crippen LogP contribution in [-0.2, 0) is 0 Å². The van der Waals surface area contributed by atoms with Crippen molar-refractivity contribution in [1.82, 2.24) is 4.98 Å². The Morgan fingerprint density at radius 2 is 2.06 bits per heavy atom. The minimum absolute atomic E-state index is 0.499. The van der Waals surface area contributed by atoms with E-state index in [9.17, 15) is 0 Å². The molecule has 0 aliphatic heterocycles. The molecule has 82 valence electrons. The van der Waals surface area contributed by atoms with Crippen LogP contribution in [-0.4, -0.2) is 4.98 Å². The van der Waals surface area contributed by atoms with Crippen molar-refractivity contribution in [3.05, 3.63) is 28.2 Å². The molecule has 2 rings (SSSR count). The molecule has 4 N–H and O–H groups in total. The molecule has 0 atom stereocenters. The molecule has 0 fully saturated rings. The number of hydrogen-bond acceptors (Lipinski definition) is 6. The van der Waals surface area contributed by atoms with Gasteiger partial charge < -0.3 is 11.5 Å². The fourth-order valence-corrected chi connectivity index (χ4v) is 2.11. The van der Waals surface area contributed by atoms with E-state index in [0.717, 1.165) is 4.60 Å². The zero-order valence-electron chi connectivity index (χ0n) is 8.09. The van der Waals surface area contributed by atoms with Crippen molar-refractivity contribution in [3.63, 3.8) is 0 Å². The first-order valence-corrected chi connectivity index (χ1v) is 6.00. The summed E-state index contributed by atoms with van der Waals surface area (Å²) in [5.74, 6) is 0. The van der Waals surface area contributed by atoms with Gasteiger partial charge in [-0.25, -0.2) is 4.98 Å². The van der Waals surface area contributed by atoms with Gasteiger partial charge in [0.05, 0.1) is 5.69 Å². The lowest BCUT2D eigenvalue weighted by Crippen LogP contribution is -1.89. The van der Waals surface area contributed by atoms with Crippen LogP contribution in [0.25, 0.3) is 0 Å². The highest BCUT2D eigenvalue weighted by molar-refractivity contribution is 9.10. The number of hydrogen-bond donors (Lipinski definition) is 2. The third-order valence-corrected chi connectivity index (χ3v) is 3.19. The number of nitrogens with two attached hydrogens (primary N) is 2. The standard InChI is InChI=1S/C9H8BrN5S/c10-8-4-16-9(13-8)15-14-7-2-1-5(11)3-6(7)12/h1-4H,11-12H2. The van der Waals surface area contributed by atoms with E-state index in [1.165, 1.54) is 11.3 Å². The lowest BCUT2D eigenvalue weighted by atomic mass is 10.2. The second-order valence-electron chi connectivity index (χ2n) is 2.97. The maximum atomic E-state index is 5.73. The van der Waals surface area contributed by atoms with Crippen LogP contribution in [0.3, 0.4) is 0 Å². The van der Waals surface area contributed by atoms with Gasteiger partial charge >= 0.3 is 0 Å². The molecule has 0 radical (unpaired) electrons. The van der Waals surface area contributed by atoms with Crippen molar-refractivity contribution in [2.45, 2.75) is 0 Å². The molecule has 0 amide bonds. The molecule has 0 aliphatic rings. The van der Waals surface area contributed by atoms with Gasteiger partial charge in [-0.1, -0.05) is 0 Å². The summed E-state index contributed by atoms with van der Waals surface area (Å²) >= 11 is 4.63.